The molecule has 1 fully saturated rings. The van der Waals surface area contributed by atoms with Crippen LogP contribution < -0.4 is 5.32 Å². The molecule has 6 nitrogen and oxygen atoms in total. The minimum Gasteiger partial charge on any atom is -0.351 e. The van der Waals surface area contributed by atoms with Crippen molar-refractivity contribution in [1.82, 2.24) is 19.8 Å². The Morgan fingerprint density at radius 2 is 1.76 bits per heavy atom. The summed E-state index contributed by atoms with van der Waals surface area (Å²) in [4.78, 5) is 34.2. The summed E-state index contributed by atoms with van der Waals surface area (Å²) in [5, 5.41) is 3.32. The number of hydrogen-bond acceptors (Lipinski definition) is 3. The number of rotatable bonds is 5. The molecule has 0 saturated heterocycles. The molecule has 0 spiro atoms. The molecular formula is C28H34N4O2. The molecule has 2 aromatic carbocycles. The van der Waals surface area contributed by atoms with E-state index in [-0.39, 0.29) is 23.8 Å². The summed E-state index contributed by atoms with van der Waals surface area (Å²) in [6.07, 6.45) is 4.25. The highest BCUT2D eigenvalue weighted by Crippen LogP contribution is 2.33. The van der Waals surface area contributed by atoms with E-state index in [1.807, 2.05) is 54.0 Å². The number of nitrogens with zero attached hydrogens (tertiary/aromatic N) is 3. The molecule has 0 bridgehead atoms. The van der Waals surface area contributed by atoms with Gasteiger partial charge >= 0.3 is 0 Å². The van der Waals surface area contributed by atoms with E-state index >= 15 is 0 Å². The zero-order valence-electron chi connectivity index (χ0n) is 20.3. The molecular weight excluding hydrogens is 424 g/mol. The van der Waals surface area contributed by atoms with Gasteiger partial charge in [-0.2, -0.15) is 0 Å². The minimum atomic E-state index is -1.00. The Labute approximate surface area is 201 Å². The monoisotopic (exact) mass is 458 g/mol. The largest absolute Gasteiger partial charge is 0.351 e. The lowest BCUT2D eigenvalue weighted by Crippen LogP contribution is -2.65. The van der Waals surface area contributed by atoms with Crippen molar-refractivity contribution in [1.29, 1.82) is 0 Å². The maximum absolute atomic E-state index is 13.9. The molecule has 3 aromatic rings. The Hall–Kier alpha value is -3.15. The standard InChI is InChI=1S/C28H34N4O2/c1-19-13-15-22(16-14-19)29-27(34)28(3)18-31-24-12-8-7-11-23(24)30-25(31)26(33)32(28)17-20(2)21-9-5-4-6-10-21/h4-12,19-20,22H,13-18H2,1-3H3,(H,29,34)/t19?,20-,22?,28+/m1/s1. The number of amides is 2. The smallest absolute Gasteiger partial charge is 0.290 e. The maximum atomic E-state index is 13.9. The zero-order valence-corrected chi connectivity index (χ0v) is 20.3. The number of nitrogens with one attached hydrogen (secondary N) is 1. The van der Waals surface area contributed by atoms with Crippen LogP contribution in [-0.4, -0.2) is 44.4 Å². The van der Waals surface area contributed by atoms with Gasteiger partial charge in [-0.05, 0) is 62.1 Å². The number of carbonyl (C=O) groups is 2. The highest BCUT2D eigenvalue weighted by Gasteiger charge is 2.49. The summed E-state index contributed by atoms with van der Waals surface area (Å²) < 4.78 is 1.93. The second kappa shape index (κ2) is 8.90. The molecule has 2 heterocycles. The predicted molar refractivity (Wildman–Crippen MR) is 134 cm³/mol. The predicted octanol–water partition coefficient (Wildman–Crippen LogP) is 4.75. The molecule has 6 heteroatoms. The lowest BCUT2D eigenvalue weighted by molar-refractivity contribution is -0.134. The number of carbonyl (C=O) groups excluding carboxylic acids is 2. The van der Waals surface area contributed by atoms with E-state index in [9.17, 15) is 9.59 Å². The average molecular weight is 459 g/mol. The third kappa shape index (κ3) is 3.99. The van der Waals surface area contributed by atoms with E-state index in [1.165, 1.54) is 0 Å². The van der Waals surface area contributed by atoms with E-state index in [2.05, 4.69) is 36.3 Å². The van der Waals surface area contributed by atoms with Crippen LogP contribution in [0.25, 0.3) is 11.0 Å². The molecule has 0 radical (unpaired) electrons. The van der Waals surface area contributed by atoms with Crippen LogP contribution in [0, 0.1) is 5.92 Å². The molecule has 1 aromatic heterocycles. The SMILES string of the molecule is CC1CCC(NC(=O)[C@]2(C)Cn3c(nc4ccccc43)C(=O)N2C[C@@H](C)c2ccccc2)CC1. The molecule has 5 rings (SSSR count). The van der Waals surface area contributed by atoms with E-state index in [0.29, 0.717) is 24.8 Å². The van der Waals surface area contributed by atoms with Crippen LogP contribution in [-0.2, 0) is 11.3 Å². The summed E-state index contributed by atoms with van der Waals surface area (Å²) in [7, 11) is 0. The summed E-state index contributed by atoms with van der Waals surface area (Å²) in [5.74, 6) is 0.967. The van der Waals surface area contributed by atoms with E-state index in [1.54, 1.807) is 4.90 Å². The number of hydrogen-bond donors (Lipinski definition) is 1. The van der Waals surface area contributed by atoms with Gasteiger partial charge < -0.3 is 14.8 Å². The van der Waals surface area contributed by atoms with Gasteiger partial charge in [0.2, 0.25) is 5.91 Å². The van der Waals surface area contributed by atoms with Crippen molar-refractivity contribution in [3.8, 4) is 0 Å². The molecule has 2 amide bonds. The normalized spacial score (nSPS) is 25.7. The van der Waals surface area contributed by atoms with Gasteiger partial charge in [-0.25, -0.2) is 4.98 Å². The first-order valence-electron chi connectivity index (χ1n) is 12.5. The fourth-order valence-electron chi connectivity index (χ4n) is 5.52. The molecule has 0 unspecified atom stereocenters. The Bertz CT molecular complexity index is 1200. The van der Waals surface area contributed by atoms with E-state index < -0.39 is 5.54 Å². The van der Waals surface area contributed by atoms with Crippen molar-refractivity contribution < 1.29 is 9.59 Å². The second-order valence-electron chi connectivity index (χ2n) is 10.4. The van der Waals surface area contributed by atoms with Crippen molar-refractivity contribution in [3.63, 3.8) is 0 Å². The van der Waals surface area contributed by atoms with Crippen LogP contribution >= 0.6 is 0 Å². The van der Waals surface area contributed by atoms with Gasteiger partial charge in [0.1, 0.15) is 5.54 Å². The summed E-state index contributed by atoms with van der Waals surface area (Å²) >= 11 is 0. The molecule has 1 N–H and O–H groups in total. The molecule has 34 heavy (non-hydrogen) atoms. The van der Waals surface area contributed by atoms with Crippen LogP contribution in [0.15, 0.2) is 54.6 Å². The maximum Gasteiger partial charge on any atom is 0.290 e. The van der Waals surface area contributed by atoms with Crippen LogP contribution in [0.5, 0.6) is 0 Å². The quantitative estimate of drug-likeness (QED) is 0.600. The first-order valence-corrected chi connectivity index (χ1v) is 12.5. The molecule has 2 aliphatic rings. The van der Waals surface area contributed by atoms with Gasteiger partial charge in [0.15, 0.2) is 5.82 Å². The van der Waals surface area contributed by atoms with Gasteiger partial charge in [-0.1, -0.05) is 56.3 Å². The van der Waals surface area contributed by atoms with Crippen LogP contribution in [0.1, 0.15) is 68.6 Å². The van der Waals surface area contributed by atoms with Gasteiger partial charge in [0.05, 0.1) is 17.6 Å². The Balaban J connectivity index is 1.50. The van der Waals surface area contributed by atoms with Crippen LogP contribution in [0.4, 0.5) is 0 Å². The third-order valence-electron chi connectivity index (χ3n) is 7.82. The molecule has 1 saturated carbocycles. The van der Waals surface area contributed by atoms with Gasteiger partial charge in [-0.3, -0.25) is 9.59 Å². The van der Waals surface area contributed by atoms with Crippen molar-refractivity contribution >= 4 is 22.8 Å². The number of benzene rings is 2. The highest BCUT2D eigenvalue weighted by molar-refractivity contribution is 6.01. The van der Waals surface area contributed by atoms with Gasteiger partial charge in [0.25, 0.3) is 5.91 Å². The lowest BCUT2D eigenvalue weighted by atomic mass is 9.86. The second-order valence-corrected chi connectivity index (χ2v) is 10.4. The minimum absolute atomic E-state index is 0.0657. The number of para-hydroxylation sites is 2. The van der Waals surface area contributed by atoms with Crippen molar-refractivity contribution in [3.05, 3.63) is 66.0 Å². The van der Waals surface area contributed by atoms with Crippen molar-refractivity contribution in [2.45, 2.75) is 70.5 Å². The van der Waals surface area contributed by atoms with E-state index in [4.69, 9.17) is 0 Å². The fraction of sp³-hybridized carbons (Fsp3) is 0.464. The molecule has 178 valence electrons. The van der Waals surface area contributed by atoms with Crippen LogP contribution in [0.3, 0.4) is 0 Å². The van der Waals surface area contributed by atoms with Crippen molar-refractivity contribution in [2.75, 3.05) is 6.54 Å². The third-order valence-corrected chi connectivity index (χ3v) is 7.82. The molecule has 2 atom stereocenters. The number of imidazole rings is 1. The lowest BCUT2D eigenvalue weighted by Gasteiger charge is -2.45. The van der Waals surface area contributed by atoms with E-state index in [0.717, 1.165) is 42.3 Å². The first-order chi connectivity index (χ1) is 16.4. The number of fused-ring (bicyclic) bond motifs is 3. The Kier molecular flexibility index (Phi) is 5.92. The van der Waals surface area contributed by atoms with Crippen LogP contribution in [0.2, 0.25) is 0 Å². The van der Waals surface area contributed by atoms with Crippen molar-refractivity contribution in [2.24, 2.45) is 5.92 Å². The molecule has 1 aliphatic heterocycles. The highest BCUT2D eigenvalue weighted by atomic mass is 16.2. The summed E-state index contributed by atoms with van der Waals surface area (Å²) in [6, 6.07) is 18.1. The summed E-state index contributed by atoms with van der Waals surface area (Å²) in [6.45, 7) is 7.16. The summed E-state index contributed by atoms with van der Waals surface area (Å²) in [5.41, 5.74) is 1.83. The fourth-order valence-corrected chi connectivity index (χ4v) is 5.52. The Morgan fingerprint density at radius 1 is 1.09 bits per heavy atom. The Morgan fingerprint density at radius 3 is 2.50 bits per heavy atom. The zero-order chi connectivity index (χ0) is 23.9. The average Bonchev–Trinajstić information content (AvgIpc) is 3.22. The number of aromatic nitrogens is 2. The van der Waals surface area contributed by atoms with Gasteiger partial charge in [-0.15, -0.1) is 0 Å². The molecule has 1 aliphatic carbocycles. The topological polar surface area (TPSA) is 67.2 Å². The first kappa shape index (κ1) is 22.6. The van der Waals surface area contributed by atoms with Gasteiger partial charge in [0, 0.05) is 12.6 Å².